The number of hydrogen-bond donors (Lipinski definition) is 1. The summed E-state index contributed by atoms with van der Waals surface area (Å²) in [6.45, 7) is 0. The minimum Gasteiger partial charge on any atom is -0.502 e. The van der Waals surface area contributed by atoms with E-state index >= 15 is 0 Å². The smallest absolute Gasteiger partial charge is 0.301 e. The maximum absolute atomic E-state index is 12.5. The maximum atomic E-state index is 12.5. The van der Waals surface area contributed by atoms with Gasteiger partial charge in [-0.25, -0.2) is 4.90 Å². The molecule has 6 heteroatoms. The number of aliphatic hydroxyl groups excluding tert-OH is 1. The Morgan fingerprint density at radius 2 is 1.50 bits per heavy atom. The lowest BCUT2D eigenvalue weighted by atomic mass is 10.1. The lowest BCUT2D eigenvalue weighted by molar-refractivity contribution is -0.121. The zero-order valence-electron chi connectivity index (χ0n) is 11.1. The lowest BCUT2D eigenvalue weighted by Gasteiger charge is -2.14. The highest BCUT2D eigenvalue weighted by atomic mass is 79.9. The molecule has 0 aromatic heterocycles. The molecule has 0 fully saturated rings. The zero-order valence-corrected chi connectivity index (χ0v) is 13.4. The first-order valence-corrected chi connectivity index (χ1v) is 7.49. The maximum Gasteiger partial charge on any atom is 0.301 e. The minimum absolute atomic E-state index is 0.0235. The second kappa shape index (κ2) is 5.59. The molecule has 22 heavy (non-hydrogen) atoms. The second-order valence-corrected chi connectivity index (χ2v) is 6.00. The van der Waals surface area contributed by atoms with Crippen LogP contribution in [0.1, 0.15) is 5.56 Å². The molecule has 1 aliphatic heterocycles. The first-order chi connectivity index (χ1) is 10.5. The van der Waals surface area contributed by atoms with Crippen molar-refractivity contribution >= 4 is 50.6 Å². The number of carbonyl (C=O) groups excluding carboxylic acids is 2. The minimum atomic E-state index is -0.739. The number of benzene rings is 2. The molecule has 0 saturated heterocycles. The van der Waals surface area contributed by atoms with Gasteiger partial charge in [-0.1, -0.05) is 39.7 Å². The van der Waals surface area contributed by atoms with Crippen molar-refractivity contribution in [3.05, 3.63) is 69.3 Å². The molecule has 1 aliphatic rings. The van der Waals surface area contributed by atoms with Gasteiger partial charge in [0, 0.05) is 9.50 Å². The van der Waals surface area contributed by atoms with Crippen LogP contribution >= 0.6 is 27.5 Å². The number of hydrogen-bond acceptors (Lipinski definition) is 3. The molecule has 0 saturated carbocycles. The summed E-state index contributed by atoms with van der Waals surface area (Å²) in [5.41, 5.74) is 0.818. The molecule has 3 rings (SSSR count). The third-order valence-corrected chi connectivity index (χ3v) is 4.06. The molecule has 0 bridgehead atoms. The van der Waals surface area contributed by atoms with E-state index in [0.29, 0.717) is 16.3 Å². The fourth-order valence-electron chi connectivity index (χ4n) is 2.22. The van der Waals surface area contributed by atoms with Crippen molar-refractivity contribution in [2.45, 2.75) is 0 Å². The van der Waals surface area contributed by atoms with Gasteiger partial charge in [-0.3, -0.25) is 9.59 Å². The SMILES string of the molecule is O=C1C(O)=C(c2ccc(Cl)cc2)C(=O)N1c1ccc(Br)cc1. The van der Waals surface area contributed by atoms with Crippen LogP contribution in [-0.4, -0.2) is 16.9 Å². The van der Waals surface area contributed by atoms with E-state index in [-0.39, 0.29) is 5.57 Å². The molecule has 0 unspecified atom stereocenters. The van der Waals surface area contributed by atoms with E-state index in [1.165, 1.54) is 0 Å². The molecular formula is C16H9BrClNO3. The Morgan fingerprint density at radius 1 is 0.909 bits per heavy atom. The Morgan fingerprint density at radius 3 is 2.09 bits per heavy atom. The van der Waals surface area contributed by atoms with Crippen LogP contribution in [0.2, 0.25) is 5.02 Å². The normalized spacial score (nSPS) is 14.9. The fraction of sp³-hybridized carbons (Fsp3) is 0. The van der Waals surface area contributed by atoms with Gasteiger partial charge in [-0.15, -0.1) is 0 Å². The van der Waals surface area contributed by atoms with Gasteiger partial charge in [0.1, 0.15) is 0 Å². The summed E-state index contributed by atoms with van der Waals surface area (Å²) >= 11 is 9.10. The molecule has 1 heterocycles. The van der Waals surface area contributed by atoms with Crippen molar-refractivity contribution in [2.24, 2.45) is 0 Å². The zero-order chi connectivity index (χ0) is 15.9. The molecule has 0 aliphatic carbocycles. The Bertz CT molecular complexity index is 797. The quantitative estimate of drug-likeness (QED) is 0.805. The van der Waals surface area contributed by atoms with Gasteiger partial charge in [0.25, 0.3) is 5.91 Å². The Hall–Kier alpha value is -2.11. The van der Waals surface area contributed by atoms with Gasteiger partial charge in [-0.05, 0) is 42.0 Å². The average molecular weight is 379 g/mol. The van der Waals surface area contributed by atoms with Gasteiger partial charge < -0.3 is 5.11 Å². The van der Waals surface area contributed by atoms with Crippen LogP contribution in [-0.2, 0) is 9.59 Å². The Balaban J connectivity index is 2.03. The Kier molecular flexibility index (Phi) is 3.76. The van der Waals surface area contributed by atoms with E-state index in [0.717, 1.165) is 9.37 Å². The van der Waals surface area contributed by atoms with Crippen LogP contribution in [0.3, 0.4) is 0 Å². The first kappa shape index (κ1) is 14.8. The molecule has 110 valence electrons. The van der Waals surface area contributed by atoms with Gasteiger partial charge in [0.2, 0.25) is 0 Å². The molecule has 2 amide bonds. The highest BCUT2D eigenvalue weighted by molar-refractivity contribution is 9.10. The van der Waals surface area contributed by atoms with Crippen molar-refractivity contribution in [3.8, 4) is 0 Å². The van der Waals surface area contributed by atoms with E-state index < -0.39 is 17.6 Å². The summed E-state index contributed by atoms with van der Waals surface area (Å²) in [6, 6.07) is 13.0. The van der Waals surface area contributed by atoms with Crippen LogP contribution in [0.25, 0.3) is 5.57 Å². The van der Waals surface area contributed by atoms with Crippen molar-refractivity contribution in [3.63, 3.8) is 0 Å². The molecular weight excluding hydrogens is 370 g/mol. The van der Waals surface area contributed by atoms with Crippen molar-refractivity contribution in [2.75, 3.05) is 4.90 Å². The number of rotatable bonds is 2. The summed E-state index contributed by atoms with van der Waals surface area (Å²) < 4.78 is 0.824. The van der Waals surface area contributed by atoms with E-state index in [1.807, 2.05) is 0 Å². The predicted molar refractivity (Wildman–Crippen MR) is 87.6 cm³/mol. The molecule has 0 atom stereocenters. The van der Waals surface area contributed by atoms with Gasteiger partial charge in [0.15, 0.2) is 5.76 Å². The first-order valence-electron chi connectivity index (χ1n) is 6.32. The number of amides is 2. The molecule has 0 spiro atoms. The topological polar surface area (TPSA) is 57.6 Å². The van der Waals surface area contributed by atoms with Crippen molar-refractivity contribution < 1.29 is 14.7 Å². The van der Waals surface area contributed by atoms with Crippen molar-refractivity contribution in [1.29, 1.82) is 0 Å². The van der Waals surface area contributed by atoms with E-state index in [9.17, 15) is 14.7 Å². The number of imide groups is 1. The number of aliphatic hydroxyl groups is 1. The summed E-state index contributed by atoms with van der Waals surface area (Å²) in [5, 5.41) is 10.6. The fourth-order valence-corrected chi connectivity index (χ4v) is 2.61. The lowest BCUT2D eigenvalue weighted by Crippen LogP contribution is -2.31. The second-order valence-electron chi connectivity index (χ2n) is 4.65. The molecule has 4 nitrogen and oxygen atoms in total. The summed E-state index contributed by atoms with van der Waals surface area (Å²) in [4.78, 5) is 25.7. The standard InChI is InChI=1S/C16H9BrClNO3/c17-10-3-7-12(8-4-10)19-15(21)13(14(20)16(19)22)9-1-5-11(18)6-2-9/h1-8,20H. The van der Waals surface area contributed by atoms with Gasteiger partial charge >= 0.3 is 5.91 Å². The van der Waals surface area contributed by atoms with Gasteiger partial charge in [-0.2, -0.15) is 0 Å². The van der Waals surface area contributed by atoms with E-state index in [2.05, 4.69) is 15.9 Å². The third-order valence-electron chi connectivity index (χ3n) is 3.28. The monoisotopic (exact) mass is 377 g/mol. The number of anilines is 1. The largest absolute Gasteiger partial charge is 0.502 e. The Labute approximate surface area is 139 Å². The van der Waals surface area contributed by atoms with Crippen molar-refractivity contribution in [1.82, 2.24) is 0 Å². The van der Waals surface area contributed by atoms with Crippen LogP contribution < -0.4 is 4.90 Å². The van der Waals surface area contributed by atoms with Crippen LogP contribution in [0.4, 0.5) is 5.69 Å². The molecule has 1 N–H and O–H groups in total. The summed E-state index contributed by atoms with van der Waals surface area (Å²) in [6.07, 6.45) is 0. The average Bonchev–Trinajstić information content (AvgIpc) is 2.72. The molecule has 0 radical (unpaired) electrons. The number of nitrogens with zero attached hydrogens (tertiary/aromatic N) is 1. The number of carbonyl (C=O) groups is 2. The highest BCUT2D eigenvalue weighted by Gasteiger charge is 2.40. The number of halogens is 2. The van der Waals surface area contributed by atoms with E-state index in [1.54, 1.807) is 48.5 Å². The highest BCUT2D eigenvalue weighted by Crippen LogP contribution is 2.32. The summed E-state index contributed by atoms with van der Waals surface area (Å²) in [5.74, 6) is -1.86. The van der Waals surface area contributed by atoms with Crippen LogP contribution in [0.5, 0.6) is 0 Å². The van der Waals surface area contributed by atoms with Gasteiger partial charge in [0.05, 0.1) is 11.3 Å². The third kappa shape index (κ3) is 2.42. The molecule has 2 aromatic carbocycles. The van der Waals surface area contributed by atoms with E-state index in [4.69, 9.17) is 11.6 Å². The van der Waals surface area contributed by atoms with Crippen LogP contribution in [0, 0.1) is 0 Å². The van der Waals surface area contributed by atoms with Crippen LogP contribution in [0.15, 0.2) is 58.8 Å². The summed E-state index contributed by atoms with van der Waals surface area (Å²) in [7, 11) is 0. The predicted octanol–water partition coefficient (Wildman–Crippen LogP) is 3.95. The molecule has 2 aromatic rings.